The lowest BCUT2D eigenvalue weighted by Crippen LogP contribution is -2.45. The summed E-state index contributed by atoms with van der Waals surface area (Å²) in [5, 5.41) is 20.5. The van der Waals surface area contributed by atoms with Gasteiger partial charge >= 0.3 is 0 Å². The maximum absolute atomic E-state index is 11.2. The zero-order valence-electron chi connectivity index (χ0n) is 19.8. The molecule has 11 heteroatoms. The van der Waals surface area contributed by atoms with Crippen LogP contribution in [0.25, 0.3) is 15.7 Å². The molecule has 4 aromatic heterocycles. The monoisotopic (exact) mass is 516 g/mol. The quantitative estimate of drug-likeness (QED) is 0.308. The molecule has 9 nitrogen and oxygen atoms in total. The number of pyridine rings is 1. The Morgan fingerprint density at radius 1 is 1.29 bits per heavy atom. The van der Waals surface area contributed by atoms with E-state index in [2.05, 4.69) is 25.3 Å². The number of nitrogens with one attached hydrogen (secondary N) is 1. The van der Waals surface area contributed by atoms with E-state index in [0.717, 1.165) is 46.5 Å². The van der Waals surface area contributed by atoms with Crippen LogP contribution in [0.1, 0.15) is 16.9 Å². The molecule has 1 unspecified atom stereocenters. The van der Waals surface area contributed by atoms with Gasteiger partial charge in [0.05, 0.1) is 34.8 Å². The molecule has 0 fully saturated rings. The van der Waals surface area contributed by atoms with Crippen LogP contribution in [0.4, 0.5) is 11.5 Å². The fourth-order valence-corrected chi connectivity index (χ4v) is 6.21. The van der Waals surface area contributed by atoms with Gasteiger partial charge in [0.2, 0.25) is 0 Å². The summed E-state index contributed by atoms with van der Waals surface area (Å²) in [5.74, 6) is 0.881. The molecule has 1 aliphatic rings. The third-order valence-corrected chi connectivity index (χ3v) is 8.05. The first-order valence-corrected chi connectivity index (χ1v) is 12.8. The van der Waals surface area contributed by atoms with Gasteiger partial charge in [0.25, 0.3) is 0 Å². The van der Waals surface area contributed by atoms with Crippen LogP contribution < -0.4 is 5.32 Å². The fraction of sp³-hybridized carbons (Fsp3) is 0.458. The van der Waals surface area contributed by atoms with Crippen LogP contribution >= 0.6 is 22.9 Å². The van der Waals surface area contributed by atoms with Gasteiger partial charge in [-0.3, -0.25) is 4.90 Å². The molecule has 186 valence electrons. The second-order valence-corrected chi connectivity index (χ2v) is 10.2. The molecular formula is C24H29ClN6O3S. The molecule has 0 radical (unpaired) electrons. The number of aliphatic hydroxyl groups is 1. The first-order valence-electron chi connectivity index (χ1n) is 11.6. The van der Waals surface area contributed by atoms with Crippen molar-refractivity contribution in [2.75, 3.05) is 45.8 Å². The van der Waals surface area contributed by atoms with Gasteiger partial charge < -0.3 is 19.9 Å². The lowest BCUT2D eigenvalue weighted by Gasteiger charge is -2.35. The first kappa shape index (κ1) is 24.4. The Morgan fingerprint density at radius 2 is 2.09 bits per heavy atom. The number of hydrogen-bond acceptors (Lipinski definition) is 9. The molecule has 1 aliphatic carbocycles. The fourth-order valence-electron chi connectivity index (χ4n) is 4.74. The van der Waals surface area contributed by atoms with E-state index in [4.69, 9.17) is 21.1 Å². The molecule has 2 atom stereocenters. The van der Waals surface area contributed by atoms with Crippen LogP contribution in [0.3, 0.4) is 0 Å². The number of halogens is 1. The normalized spacial score (nSPS) is 16.8. The third kappa shape index (κ3) is 5.00. The molecule has 0 aromatic carbocycles. The molecule has 4 aromatic rings. The molecule has 0 spiro atoms. The highest BCUT2D eigenvalue weighted by Crippen LogP contribution is 2.41. The van der Waals surface area contributed by atoms with Crippen molar-refractivity contribution in [2.24, 2.45) is 5.92 Å². The Morgan fingerprint density at radius 3 is 2.86 bits per heavy atom. The van der Waals surface area contributed by atoms with Gasteiger partial charge in [-0.15, -0.1) is 11.3 Å². The van der Waals surface area contributed by atoms with E-state index in [9.17, 15) is 5.11 Å². The van der Waals surface area contributed by atoms with Crippen LogP contribution in [0.15, 0.2) is 30.9 Å². The summed E-state index contributed by atoms with van der Waals surface area (Å²) in [6.45, 7) is 2.47. The molecule has 0 saturated carbocycles. The van der Waals surface area contributed by atoms with Gasteiger partial charge in [-0.05, 0) is 37.0 Å². The van der Waals surface area contributed by atoms with Crippen LogP contribution in [0.2, 0.25) is 5.02 Å². The SMILES string of the molecule is COCCN(CCOC)C(O)[C@H]1CCc2c(sc3ncnc(Nc4cc5ccnn5cc4Cl)c23)C1. The molecule has 0 saturated heterocycles. The average molecular weight is 517 g/mol. The van der Waals surface area contributed by atoms with Crippen molar-refractivity contribution in [1.82, 2.24) is 24.5 Å². The molecule has 0 amide bonds. The Kier molecular flexibility index (Phi) is 7.47. The van der Waals surface area contributed by atoms with Gasteiger partial charge in [0.1, 0.15) is 23.2 Å². The van der Waals surface area contributed by atoms with Crippen molar-refractivity contribution in [3.8, 4) is 0 Å². The Hall–Kier alpha value is -2.34. The summed E-state index contributed by atoms with van der Waals surface area (Å²) in [5.41, 5.74) is 2.98. The molecule has 5 rings (SSSR count). The highest BCUT2D eigenvalue weighted by Gasteiger charge is 2.32. The number of rotatable bonds is 10. The van der Waals surface area contributed by atoms with Gasteiger partial charge in [-0.25, -0.2) is 14.5 Å². The van der Waals surface area contributed by atoms with Crippen LogP contribution in [0.5, 0.6) is 0 Å². The number of aliphatic hydroxyl groups excluding tert-OH is 1. The van der Waals surface area contributed by atoms with E-state index < -0.39 is 6.23 Å². The summed E-state index contributed by atoms with van der Waals surface area (Å²) in [4.78, 5) is 13.4. The van der Waals surface area contributed by atoms with Crippen molar-refractivity contribution in [2.45, 2.75) is 25.5 Å². The summed E-state index contributed by atoms with van der Waals surface area (Å²) in [7, 11) is 3.36. The number of nitrogens with zero attached hydrogens (tertiary/aromatic N) is 5. The van der Waals surface area contributed by atoms with Crippen LogP contribution in [0, 0.1) is 5.92 Å². The summed E-state index contributed by atoms with van der Waals surface area (Å²) in [6.07, 6.45) is 7.10. The predicted molar refractivity (Wildman–Crippen MR) is 138 cm³/mol. The zero-order valence-corrected chi connectivity index (χ0v) is 21.3. The molecular weight excluding hydrogens is 488 g/mol. The largest absolute Gasteiger partial charge is 0.383 e. The van der Waals surface area contributed by atoms with Crippen LogP contribution in [-0.2, 0) is 22.3 Å². The van der Waals surface area contributed by atoms with E-state index in [-0.39, 0.29) is 5.92 Å². The lowest BCUT2D eigenvalue weighted by molar-refractivity contribution is -0.0602. The number of fused-ring (bicyclic) bond motifs is 4. The van der Waals surface area contributed by atoms with E-state index in [1.165, 1.54) is 10.4 Å². The van der Waals surface area contributed by atoms with E-state index >= 15 is 0 Å². The number of anilines is 2. The second kappa shape index (κ2) is 10.7. The number of aromatic nitrogens is 4. The van der Waals surface area contributed by atoms with Gasteiger partial charge in [0.15, 0.2) is 0 Å². The highest BCUT2D eigenvalue weighted by atomic mass is 35.5. The molecule has 0 aliphatic heterocycles. The van der Waals surface area contributed by atoms with E-state index in [1.54, 1.807) is 48.8 Å². The topological polar surface area (TPSA) is 97.0 Å². The van der Waals surface area contributed by atoms with E-state index in [0.29, 0.717) is 31.3 Å². The number of ether oxygens (including phenoxy) is 2. The Balaban J connectivity index is 1.40. The third-order valence-electron chi connectivity index (χ3n) is 6.58. The van der Waals surface area contributed by atoms with Crippen LogP contribution in [-0.4, -0.2) is 76.3 Å². The van der Waals surface area contributed by atoms with Crippen molar-refractivity contribution < 1.29 is 14.6 Å². The van der Waals surface area contributed by atoms with Crippen molar-refractivity contribution >= 4 is 50.2 Å². The Bertz CT molecular complexity index is 1300. The van der Waals surface area contributed by atoms with Gasteiger partial charge in [-0.2, -0.15) is 5.10 Å². The minimum Gasteiger partial charge on any atom is -0.383 e. The average Bonchev–Trinajstić information content (AvgIpc) is 3.47. The summed E-state index contributed by atoms with van der Waals surface area (Å²) < 4.78 is 12.2. The zero-order chi connectivity index (χ0) is 24.4. The number of thiophene rings is 1. The summed E-state index contributed by atoms with van der Waals surface area (Å²) in [6, 6.07) is 3.89. The minimum atomic E-state index is -0.552. The second-order valence-electron chi connectivity index (χ2n) is 8.70. The molecule has 2 N–H and O–H groups in total. The first-order chi connectivity index (χ1) is 17.1. The minimum absolute atomic E-state index is 0.132. The van der Waals surface area contributed by atoms with Crippen molar-refractivity contribution in [3.63, 3.8) is 0 Å². The summed E-state index contributed by atoms with van der Waals surface area (Å²) >= 11 is 8.20. The standard InChI is InChI=1S/C24H29ClN6O3S/c1-33-9-7-30(8-10-34-2)24(32)15-3-4-17-20(11-15)35-23-21(17)22(26-14-27-23)29-19-12-16-5-6-28-31(16)13-18(19)25/h5-6,12-15,24,32H,3-4,7-11H2,1-2H3,(H,26,27,29)/t15-,24?/m0/s1. The molecule has 4 heterocycles. The van der Waals surface area contributed by atoms with E-state index in [1.807, 2.05) is 12.1 Å². The predicted octanol–water partition coefficient (Wildman–Crippen LogP) is 3.75. The number of methoxy groups -OCH3 is 2. The van der Waals surface area contributed by atoms with Gasteiger partial charge in [-0.1, -0.05) is 11.6 Å². The number of hydrogen-bond donors (Lipinski definition) is 2. The molecule has 0 bridgehead atoms. The Labute approximate surface area is 212 Å². The van der Waals surface area contributed by atoms with Crippen molar-refractivity contribution in [3.05, 3.63) is 46.3 Å². The molecule has 35 heavy (non-hydrogen) atoms. The maximum atomic E-state index is 11.2. The smallest absolute Gasteiger partial charge is 0.142 e. The maximum Gasteiger partial charge on any atom is 0.142 e. The highest BCUT2D eigenvalue weighted by molar-refractivity contribution is 7.19. The van der Waals surface area contributed by atoms with Crippen molar-refractivity contribution in [1.29, 1.82) is 0 Å². The van der Waals surface area contributed by atoms with Gasteiger partial charge in [0, 0.05) is 50.5 Å². The lowest BCUT2D eigenvalue weighted by atomic mass is 9.86. The number of aryl methyl sites for hydroxylation is 1.